The minimum absolute atomic E-state index is 0.000746. The molecule has 1 saturated heterocycles. The molecule has 0 aliphatic carbocycles. The fourth-order valence-electron chi connectivity index (χ4n) is 2.28. The maximum Gasteiger partial charge on any atom is 0.238 e. The van der Waals surface area contributed by atoms with Crippen molar-refractivity contribution in [3.63, 3.8) is 0 Å². The van der Waals surface area contributed by atoms with Gasteiger partial charge >= 0.3 is 0 Å². The summed E-state index contributed by atoms with van der Waals surface area (Å²) in [7, 11) is 4.09. The Labute approximate surface area is 125 Å². The first-order valence-electron chi connectivity index (χ1n) is 6.86. The van der Waals surface area contributed by atoms with E-state index in [0.29, 0.717) is 12.6 Å². The molecule has 2 unspecified atom stereocenters. The summed E-state index contributed by atoms with van der Waals surface area (Å²) in [6.07, 6.45) is 2.07. The van der Waals surface area contributed by atoms with Gasteiger partial charge < -0.3 is 9.80 Å². The first-order valence-corrected chi connectivity index (χ1v) is 8.08. The second-order valence-electron chi connectivity index (χ2n) is 5.42. The Balaban J connectivity index is 2.14. The topological polar surface area (TPSA) is 35.6 Å². The third kappa shape index (κ3) is 3.34. The monoisotopic (exact) mass is 293 g/mol. The van der Waals surface area contributed by atoms with Gasteiger partial charge in [-0.25, -0.2) is 0 Å². The van der Waals surface area contributed by atoms with Crippen molar-refractivity contribution >= 4 is 17.7 Å². The molecule has 0 radical (unpaired) electrons. The van der Waals surface area contributed by atoms with Crippen LogP contribution in [0.2, 0.25) is 0 Å². The van der Waals surface area contributed by atoms with E-state index in [-0.39, 0.29) is 12.1 Å². The van der Waals surface area contributed by atoms with Gasteiger partial charge in [0.1, 0.15) is 6.17 Å². The molecule has 20 heavy (non-hydrogen) atoms. The van der Waals surface area contributed by atoms with E-state index in [1.54, 1.807) is 11.8 Å². The van der Waals surface area contributed by atoms with E-state index < -0.39 is 0 Å². The number of benzene rings is 1. The first-order chi connectivity index (χ1) is 9.52. The molecule has 1 aliphatic rings. The van der Waals surface area contributed by atoms with Crippen LogP contribution in [-0.2, 0) is 4.79 Å². The van der Waals surface area contributed by atoms with Crippen molar-refractivity contribution in [1.29, 1.82) is 0 Å². The minimum Gasteiger partial charge on any atom is -0.320 e. The number of nitrogens with one attached hydrogen (secondary N) is 1. The highest BCUT2D eigenvalue weighted by Gasteiger charge is 2.32. The van der Waals surface area contributed by atoms with E-state index >= 15 is 0 Å². The molecule has 110 valence electrons. The van der Waals surface area contributed by atoms with Crippen LogP contribution >= 0.6 is 11.8 Å². The number of hydrogen-bond donors (Lipinski definition) is 1. The zero-order chi connectivity index (χ0) is 14.7. The van der Waals surface area contributed by atoms with Gasteiger partial charge in [0.05, 0.1) is 6.54 Å². The fraction of sp³-hybridized carbons (Fsp3) is 0.533. The minimum atomic E-state index is 0.000746. The number of likely N-dealkylation sites (N-methyl/N-ethyl adjacent to an activating group) is 1. The molecule has 2 atom stereocenters. The number of nitrogens with zero attached hydrogens (tertiary/aromatic N) is 2. The predicted octanol–water partition coefficient (Wildman–Crippen LogP) is 1.79. The first kappa shape index (κ1) is 15.4. The number of rotatable bonds is 5. The van der Waals surface area contributed by atoms with Crippen molar-refractivity contribution in [1.82, 2.24) is 15.1 Å². The molecule has 0 bridgehead atoms. The predicted molar refractivity (Wildman–Crippen MR) is 83.8 cm³/mol. The van der Waals surface area contributed by atoms with E-state index in [9.17, 15) is 4.79 Å². The zero-order valence-corrected chi connectivity index (χ0v) is 13.4. The van der Waals surface area contributed by atoms with Gasteiger partial charge in [0.2, 0.25) is 5.91 Å². The van der Waals surface area contributed by atoms with Crippen LogP contribution in [0.5, 0.6) is 0 Å². The highest BCUT2D eigenvalue weighted by Crippen LogP contribution is 2.25. The van der Waals surface area contributed by atoms with Crippen molar-refractivity contribution in [2.45, 2.75) is 24.0 Å². The Morgan fingerprint density at radius 1 is 1.40 bits per heavy atom. The summed E-state index contributed by atoms with van der Waals surface area (Å²) < 4.78 is 0. The summed E-state index contributed by atoms with van der Waals surface area (Å²) in [6, 6.07) is 8.77. The molecule has 1 aromatic rings. The van der Waals surface area contributed by atoms with Crippen molar-refractivity contribution < 1.29 is 4.79 Å². The number of carbonyl (C=O) groups is 1. The Morgan fingerprint density at radius 2 is 2.05 bits per heavy atom. The molecule has 0 spiro atoms. The molecule has 4 nitrogen and oxygen atoms in total. The van der Waals surface area contributed by atoms with Crippen LogP contribution < -0.4 is 5.32 Å². The maximum absolute atomic E-state index is 12.1. The molecular formula is C15H23N3OS. The molecule has 1 fully saturated rings. The van der Waals surface area contributed by atoms with Gasteiger partial charge in [-0.1, -0.05) is 12.1 Å². The van der Waals surface area contributed by atoms with Gasteiger partial charge in [-0.3, -0.25) is 10.1 Å². The quantitative estimate of drug-likeness (QED) is 0.840. The summed E-state index contributed by atoms with van der Waals surface area (Å²) in [4.78, 5) is 17.4. The lowest BCUT2D eigenvalue weighted by Gasteiger charge is -2.30. The molecule has 1 heterocycles. The molecule has 1 aromatic carbocycles. The molecule has 1 aliphatic heterocycles. The van der Waals surface area contributed by atoms with Crippen molar-refractivity contribution in [3.8, 4) is 0 Å². The van der Waals surface area contributed by atoms with Gasteiger partial charge in [0.25, 0.3) is 0 Å². The summed E-state index contributed by atoms with van der Waals surface area (Å²) in [5.41, 5.74) is 1.15. The van der Waals surface area contributed by atoms with E-state index in [0.717, 1.165) is 12.1 Å². The molecule has 0 saturated carbocycles. The lowest BCUT2D eigenvalue weighted by Crippen LogP contribution is -2.41. The maximum atomic E-state index is 12.1. The van der Waals surface area contributed by atoms with Crippen molar-refractivity contribution in [2.75, 3.05) is 33.4 Å². The van der Waals surface area contributed by atoms with E-state index in [2.05, 4.69) is 47.7 Å². The van der Waals surface area contributed by atoms with Crippen LogP contribution in [0.1, 0.15) is 18.7 Å². The third-order valence-electron chi connectivity index (χ3n) is 3.85. The van der Waals surface area contributed by atoms with Crippen LogP contribution in [0.3, 0.4) is 0 Å². The summed E-state index contributed by atoms with van der Waals surface area (Å²) in [6.45, 7) is 3.31. The molecule has 1 N–H and O–H groups in total. The Kier molecular flexibility index (Phi) is 5.07. The Morgan fingerprint density at radius 3 is 2.60 bits per heavy atom. The lowest BCUT2D eigenvalue weighted by molar-refractivity contribution is -0.128. The zero-order valence-electron chi connectivity index (χ0n) is 12.6. The second kappa shape index (κ2) is 6.61. The molecule has 2 rings (SSSR count). The van der Waals surface area contributed by atoms with E-state index in [1.165, 1.54) is 4.90 Å². The van der Waals surface area contributed by atoms with Crippen LogP contribution in [0.4, 0.5) is 0 Å². The molecular weight excluding hydrogens is 270 g/mol. The lowest BCUT2D eigenvalue weighted by atomic mass is 10.1. The van der Waals surface area contributed by atoms with Crippen LogP contribution in [-0.4, -0.2) is 55.2 Å². The number of hydrogen-bond acceptors (Lipinski definition) is 4. The van der Waals surface area contributed by atoms with Gasteiger partial charge in [0.15, 0.2) is 0 Å². The van der Waals surface area contributed by atoms with Crippen LogP contribution in [0, 0.1) is 0 Å². The number of amides is 1. The Hall–Kier alpha value is -1.04. The summed E-state index contributed by atoms with van der Waals surface area (Å²) in [5, 5.41) is 3.31. The van der Waals surface area contributed by atoms with E-state index in [4.69, 9.17) is 0 Å². The average Bonchev–Trinajstić information content (AvgIpc) is 2.80. The standard InChI is InChI=1S/C15H23N3OS/c1-11(17(2)3)10-18-14(19)9-16-15(18)12-5-7-13(20-4)8-6-12/h5-8,11,15-16H,9-10H2,1-4H3. The third-order valence-corrected chi connectivity index (χ3v) is 4.60. The van der Waals surface area contributed by atoms with Gasteiger partial charge in [0, 0.05) is 17.5 Å². The van der Waals surface area contributed by atoms with Crippen LogP contribution in [0.15, 0.2) is 29.2 Å². The van der Waals surface area contributed by atoms with Gasteiger partial charge in [-0.15, -0.1) is 11.8 Å². The van der Waals surface area contributed by atoms with Crippen molar-refractivity contribution in [2.24, 2.45) is 0 Å². The number of carbonyl (C=O) groups excluding carboxylic acids is 1. The number of thioether (sulfide) groups is 1. The van der Waals surface area contributed by atoms with Gasteiger partial charge in [-0.05, 0) is 45.0 Å². The van der Waals surface area contributed by atoms with Crippen LogP contribution in [0.25, 0.3) is 0 Å². The highest BCUT2D eigenvalue weighted by molar-refractivity contribution is 7.98. The van der Waals surface area contributed by atoms with Gasteiger partial charge in [-0.2, -0.15) is 0 Å². The SMILES string of the molecule is CSc1ccc(C2NCC(=O)N2CC(C)N(C)C)cc1. The smallest absolute Gasteiger partial charge is 0.238 e. The summed E-state index contributed by atoms with van der Waals surface area (Å²) >= 11 is 1.73. The fourth-order valence-corrected chi connectivity index (χ4v) is 2.69. The largest absolute Gasteiger partial charge is 0.320 e. The molecule has 0 aromatic heterocycles. The van der Waals surface area contributed by atoms with E-state index in [1.807, 2.05) is 19.0 Å². The molecule has 5 heteroatoms. The Bertz CT molecular complexity index is 461. The normalized spacial score (nSPS) is 20.8. The van der Waals surface area contributed by atoms with Crippen molar-refractivity contribution in [3.05, 3.63) is 29.8 Å². The summed E-state index contributed by atoms with van der Waals surface area (Å²) in [5.74, 6) is 0.178. The highest BCUT2D eigenvalue weighted by atomic mass is 32.2. The average molecular weight is 293 g/mol. The second-order valence-corrected chi connectivity index (χ2v) is 6.29. The molecule has 1 amide bonds.